The van der Waals surface area contributed by atoms with E-state index < -0.39 is 0 Å². The highest BCUT2D eigenvalue weighted by Crippen LogP contribution is 2.21. The maximum atomic E-state index is 11.6. The van der Waals surface area contributed by atoms with Crippen LogP contribution in [0.2, 0.25) is 0 Å². The Bertz CT molecular complexity index is 220. The second kappa shape index (κ2) is 7.54. The Morgan fingerprint density at radius 3 is 2.29 bits per heavy atom. The summed E-state index contributed by atoms with van der Waals surface area (Å²) >= 11 is 0. The smallest absolute Gasteiger partial charge is 0.315 e. The molecule has 0 aromatic heterocycles. The van der Waals surface area contributed by atoms with Crippen molar-refractivity contribution in [1.82, 2.24) is 10.6 Å². The number of nitrogens with one attached hydrogen (secondary N) is 2. The van der Waals surface area contributed by atoms with Crippen LogP contribution in [-0.2, 0) is 0 Å². The molecule has 17 heavy (non-hydrogen) atoms. The molecule has 2 amide bonds. The SMILES string of the molecule is CCC(CO)NC(=O)NC(C)CCC(C)(C)C. The van der Waals surface area contributed by atoms with Gasteiger partial charge in [0.25, 0.3) is 0 Å². The van der Waals surface area contributed by atoms with Crippen LogP contribution >= 0.6 is 0 Å². The number of carbonyl (C=O) groups is 1. The Kier molecular flexibility index (Phi) is 7.19. The quantitative estimate of drug-likeness (QED) is 0.671. The third-order valence-corrected chi connectivity index (χ3v) is 2.75. The first-order valence-electron chi connectivity index (χ1n) is 6.46. The van der Waals surface area contributed by atoms with Crippen LogP contribution in [0.25, 0.3) is 0 Å². The Labute approximate surface area is 105 Å². The summed E-state index contributed by atoms with van der Waals surface area (Å²) in [6.07, 6.45) is 2.78. The summed E-state index contributed by atoms with van der Waals surface area (Å²) in [5, 5.41) is 14.6. The molecule has 0 spiro atoms. The van der Waals surface area contributed by atoms with E-state index in [1.807, 2.05) is 13.8 Å². The number of hydrogen-bond donors (Lipinski definition) is 3. The van der Waals surface area contributed by atoms with E-state index in [9.17, 15) is 4.79 Å². The average Bonchev–Trinajstić information content (AvgIpc) is 2.22. The summed E-state index contributed by atoms with van der Waals surface area (Å²) < 4.78 is 0. The molecule has 0 bridgehead atoms. The van der Waals surface area contributed by atoms with E-state index in [0.717, 1.165) is 19.3 Å². The zero-order chi connectivity index (χ0) is 13.5. The first-order chi connectivity index (χ1) is 7.78. The number of aliphatic hydroxyl groups excluding tert-OH is 1. The monoisotopic (exact) mass is 244 g/mol. The Hall–Kier alpha value is -0.770. The van der Waals surface area contributed by atoms with Crippen LogP contribution in [0.1, 0.15) is 53.9 Å². The van der Waals surface area contributed by atoms with E-state index in [2.05, 4.69) is 31.4 Å². The number of carbonyl (C=O) groups excluding carboxylic acids is 1. The van der Waals surface area contributed by atoms with E-state index >= 15 is 0 Å². The Morgan fingerprint density at radius 2 is 1.88 bits per heavy atom. The van der Waals surface area contributed by atoms with Gasteiger partial charge in [0.05, 0.1) is 12.6 Å². The summed E-state index contributed by atoms with van der Waals surface area (Å²) in [5.74, 6) is 0. The number of aliphatic hydroxyl groups is 1. The Morgan fingerprint density at radius 1 is 1.29 bits per heavy atom. The molecule has 0 aliphatic heterocycles. The van der Waals surface area contributed by atoms with E-state index in [1.165, 1.54) is 0 Å². The van der Waals surface area contributed by atoms with Crippen molar-refractivity contribution >= 4 is 6.03 Å². The van der Waals surface area contributed by atoms with Crippen LogP contribution in [-0.4, -0.2) is 29.8 Å². The van der Waals surface area contributed by atoms with Gasteiger partial charge in [0.1, 0.15) is 0 Å². The molecule has 4 heteroatoms. The van der Waals surface area contributed by atoms with Gasteiger partial charge in [-0.05, 0) is 31.6 Å². The molecule has 102 valence electrons. The molecule has 0 heterocycles. The van der Waals surface area contributed by atoms with Gasteiger partial charge in [-0.1, -0.05) is 27.7 Å². The van der Waals surface area contributed by atoms with Gasteiger partial charge >= 0.3 is 6.03 Å². The van der Waals surface area contributed by atoms with E-state index in [0.29, 0.717) is 5.41 Å². The fraction of sp³-hybridized carbons (Fsp3) is 0.923. The predicted octanol–water partition coefficient (Wildman–Crippen LogP) is 2.27. The summed E-state index contributed by atoms with van der Waals surface area (Å²) in [7, 11) is 0. The molecule has 0 aliphatic rings. The van der Waals surface area contributed by atoms with Crippen molar-refractivity contribution in [1.29, 1.82) is 0 Å². The maximum Gasteiger partial charge on any atom is 0.315 e. The van der Waals surface area contributed by atoms with Gasteiger partial charge in [0.2, 0.25) is 0 Å². The second-order valence-electron chi connectivity index (χ2n) is 5.91. The van der Waals surface area contributed by atoms with Crippen LogP contribution in [0.15, 0.2) is 0 Å². The topological polar surface area (TPSA) is 61.4 Å². The predicted molar refractivity (Wildman–Crippen MR) is 71.0 cm³/mol. The molecule has 0 radical (unpaired) electrons. The van der Waals surface area contributed by atoms with Crippen LogP contribution in [0.3, 0.4) is 0 Å². The molecule has 0 aliphatic carbocycles. The van der Waals surface area contributed by atoms with Gasteiger partial charge < -0.3 is 15.7 Å². The van der Waals surface area contributed by atoms with Crippen molar-refractivity contribution in [2.24, 2.45) is 5.41 Å². The number of hydrogen-bond acceptors (Lipinski definition) is 2. The third kappa shape index (κ3) is 8.98. The zero-order valence-corrected chi connectivity index (χ0v) is 11.8. The van der Waals surface area contributed by atoms with Gasteiger partial charge in [-0.15, -0.1) is 0 Å². The Balaban J connectivity index is 3.87. The summed E-state index contributed by atoms with van der Waals surface area (Å²) in [4.78, 5) is 11.6. The van der Waals surface area contributed by atoms with Crippen LogP contribution in [0.4, 0.5) is 4.79 Å². The summed E-state index contributed by atoms with van der Waals surface area (Å²) in [5.41, 5.74) is 0.295. The molecule has 0 saturated heterocycles. The van der Waals surface area contributed by atoms with Crippen LogP contribution in [0.5, 0.6) is 0 Å². The number of amides is 2. The summed E-state index contributed by atoms with van der Waals surface area (Å²) in [6.45, 7) is 10.5. The minimum Gasteiger partial charge on any atom is -0.394 e. The molecule has 0 rings (SSSR count). The van der Waals surface area contributed by atoms with E-state index in [1.54, 1.807) is 0 Å². The molecule has 2 unspecified atom stereocenters. The normalized spacial score (nSPS) is 15.2. The van der Waals surface area contributed by atoms with Crippen molar-refractivity contribution in [3.63, 3.8) is 0 Å². The molecule has 0 saturated carbocycles. The fourth-order valence-electron chi connectivity index (χ4n) is 1.45. The van der Waals surface area contributed by atoms with Crippen molar-refractivity contribution in [2.75, 3.05) is 6.61 Å². The van der Waals surface area contributed by atoms with Gasteiger partial charge in [-0.2, -0.15) is 0 Å². The van der Waals surface area contributed by atoms with E-state index in [-0.39, 0.29) is 24.7 Å². The number of rotatable bonds is 6. The highest BCUT2D eigenvalue weighted by atomic mass is 16.3. The van der Waals surface area contributed by atoms with Crippen molar-refractivity contribution in [2.45, 2.75) is 66.0 Å². The fourth-order valence-corrected chi connectivity index (χ4v) is 1.45. The number of urea groups is 1. The molecule has 0 fully saturated rings. The lowest BCUT2D eigenvalue weighted by atomic mass is 9.89. The molecule has 0 aromatic rings. The minimum atomic E-state index is -0.188. The maximum absolute atomic E-state index is 11.6. The average molecular weight is 244 g/mol. The highest BCUT2D eigenvalue weighted by Gasteiger charge is 2.15. The van der Waals surface area contributed by atoms with Gasteiger partial charge in [0, 0.05) is 6.04 Å². The lowest BCUT2D eigenvalue weighted by Gasteiger charge is -2.22. The van der Waals surface area contributed by atoms with Gasteiger partial charge in [-0.25, -0.2) is 4.79 Å². The molecule has 3 N–H and O–H groups in total. The van der Waals surface area contributed by atoms with Gasteiger partial charge in [-0.3, -0.25) is 0 Å². The lowest BCUT2D eigenvalue weighted by molar-refractivity contribution is 0.211. The van der Waals surface area contributed by atoms with E-state index in [4.69, 9.17) is 5.11 Å². The zero-order valence-electron chi connectivity index (χ0n) is 11.8. The van der Waals surface area contributed by atoms with Crippen molar-refractivity contribution in [3.05, 3.63) is 0 Å². The molecule has 4 nitrogen and oxygen atoms in total. The summed E-state index contributed by atoms with van der Waals surface area (Å²) in [6, 6.07) is -0.178. The second-order valence-corrected chi connectivity index (χ2v) is 5.91. The third-order valence-electron chi connectivity index (χ3n) is 2.75. The largest absolute Gasteiger partial charge is 0.394 e. The first-order valence-corrected chi connectivity index (χ1v) is 6.46. The van der Waals surface area contributed by atoms with Crippen LogP contribution in [0, 0.1) is 5.41 Å². The highest BCUT2D eigenvalue weighted by molar-refractivity contribution is 5.74. The molecule has 0 aromatic carbocycles. The lowest BCUT2D eigenvalue weighted by Crippen LogP contribution is -2.46. The van der Waals surface area contributed by atoms with Crippen molar-refractivity contribution in [3.8, 4) is 0 Å². The first kappa shape index (κ1) is 16.2. The minimum absolute atomic E-state index is 0.0136. The van der Waals surface area contributed by atoms with Gasteiger partial charge in [0.15, 0.2) is 0 Å². The van der Waals surface area contributed by atoms with Crippen molar-refractivity contribution < 1.29 is 9.90 Å². The molecular weight excluding hydrogens is 216 g/mol. The molecule has 2 atom stereocenters. The standard InChI is InChI=1S/C13H28N2O2/c1-6-11(9-16)15-12(17)14-10(2)7-8-13(3,4)5/h10-11,16H,6-9H2,1-5H3,(H2,14,15,17). The van der Waals surface area contributed by atoms with Crippen LogP contribution < -0.4 is 10.6 Å². The molecular formula is C13H28N2O2.